The lowest BCUT2D eigenvalue weighted by molar-refractivity contribution is -0.128. The van der Waals surface area contributed by atoms with Crippen LogP contribution in [0.1, 0.15) is 31.2 Å². The van der Waals surface area contributed by atoms with E-state index in [1.165, 1.54) is 0 Å². The molecular formula is C19H26N2O4. The highest BCUT2D eigenvalue weighted by atomic mass is 16.5. The molecule has 0 aliphatic carbocycles. The third-order valence-corrected chi connectivity index (χ3v) is 4.85. The van der Waals surface area contributed by atoms with Crippen molar-refractivity contribution in [2.24, 2.45) is 5.92 Å². The van der Waals surface area contributed by atoms with Gasteiger partial charge in [-0.25, -0.2) is 0 Å². The number of ether oxygens (including phenoxy) is 2. The molecule has 2 aliphatic heterocycles. The molecule has 136 valence electrons. The van der Waals surface area contributed by atoms with Crippen molar-refractivity contribution >= 4 is 11.8 Å². The molecule has 0 radical (unpaired) electrons. The summed E-state index contributed by atoms with van der Waals surface area (Å²) in [7, 11) is 1.64. The molecule has 0 aromatic heterocycles. The van der Waals surface area contributed by atoms with Crippen LogP contribution in [0.2, 0.25) is 0 Å². The topological polar surface area (TPSA) is 67.9 Å². The van der Waals surface area contributed by atoms with Gasteiger partial charge in [0.25, 0.3) is 0 Å². The van der Waals surface area contributed by atoms with Crippen LogP contribution in [0.25, 0.3) is 0 Å². The number of hydrogen-bond donors (Lipinski definition) is 1. The fraction of sp³-hybridized carbons (Fsp3) is 0.579. The van der Waals surface area contributed by atoms with Crippen LogP contribution in [0.4, 0.5) is 0 Å². The fourth-order valence-corrected chi connectivity index (χ4v) is 3.39. The normalized spacial score (nSPS) is 19.3. The highest BCUT2D eigenvalue weighted by molar-refractivity contribution is 5.78. The monoisotopic (exact) mass is 346 g/mol. The molecule has 1 saturated heterocycles. The molecule has 0 unspecified atom stereocenters. The van der Waals surface area contributed by atoms with Crippen molar-refractivity contribution in [2.45, 2.75) is 32.1 Å². The molecule has 2 heterocycles. The highest BCUT2D eigenvalue weighted by Gasteiger charge is 2.22. The lowest BCUT2D eigenvalue weighted by atomic mass is 9.96. The van der Waals surface area contributed by atoms with E-state index >= 15 is 0 Å². The standard InChI is InChI=1S/C19H26N2O4/c1-24-16-7-6-15-10-14(13-25-17(15)11-16)12-20-18(22)4-2-8-21-9-3-5-19(21)23/h6-7,11,14H,2-5,8-10,12-13H2,1H3,(H,20,22)/t14-/m1/s1. The van der Waals surface area contributed by atoms with Crippen LogP contribution in [0.15, 0.2) is 18.2 Å². The number of hydrogen-bond acceptors (Lipinski definition) is 4. The lowest BCUT2D eigenvalue weighted by Crippen LogP contribution is -2.35. The lowest BCUT2D eigenvalue weighted by Gasteiger charge is -2.26. The van der Waals surface area contributed by atoms with Gasteiger partial charge in [-0.2, -0.15) is 0 Å². The summed E-state index contributed by atoms with van der Waals surface area (Å²) in [5.41, 5.74) is 1.15. The van der Waals surface area contributed by atoms with E-state index in [0.717, 1.165) is 42.9 Å². The quantitative estimate of drug-likeness (QED) is 0.817. The maximum atomic E-state index is 12.0. The zero-order valence-electron chi connectivity index (χ0n) is 14.8. The molecule has 1 N–H and O–H groups in total. The van der Waals surface area contributed by atoms with Gasteiger partial charge in [0.05, 0.1) is 13.7 Å². The Balaban J connectivity index is 1.37. The number of rotatable bonds is 7. The molecule has 1 fully saturated rings. The van der Waals surface area contributed by atoms with E-state index in [4.69, 9.17) is 9.47 Å². The van der Waals surface area contributed by atoms with Gasteiger partial charge in [-0.05, 0) is 30.9 Å². The first kappa shape index (κ1) is 17.6. The van der Waals surface area contributed by atoms with Crippen LogP contribution in [0.3, 0.4) is 0 Å². The molecule has 25 heavy (non-hydrogen) atoms. The molecule has 6 nitrogen and oxygen atoms in total. The maximum Gasteiger partial charge on any atom is 0.222 e. The summed E-state index contributed by atoms with van der Waals surface area (Å²) >= 11 is 0. The molecule has 6 heteroatoms. The number of likely N-dealkylation sites (tertiary alicyclic amines) is 1. The molecule has 2 amide bonds. The largest absolute Gasteiger partial charge is 0.497 e. The molecule has 2 aliphatic rings. The van der Waals surface area contributed by atoms with Gasteiger partial charge in [-0.15, -0.1) is 0 Å². The summed E-state index contributed by atoms with van der Waals surface area (Å²) in [6.07, 6.45) is 3.68. The Kier molecular flexibility index (Phi) is 5.79. The summed E-state index contributed by atoms with van der Waals surface area (Å²) < 4.78 is 11.0. The van der Waals surface area contributed by atoms with Gasteiger partial charge in [0.15, 0.2) is 0 Å². The number of fused-ring (bicyclic) bond motifs is 1. The molecule has 1 aromatic carbocycles. The van der Waals surface area contributed by atoms with E-state index in [-0.39, 0.29) is 17.7 Å². The molecule has 1 atom stereocenters. The fourth-order valence-electron chi connectivity index (χ4n) is 3.39. The molecular weight excluding hydrogens is 320 g/mol. The maximum absolute atomic E-state index is 12.0. The Morgan fingerprint density at radius 2 is 2.32 bits per heavy atom. The van der Waals surface area contributed by atoms with E-state index in [1.54, 1.807) is 7.11 Å². The first-order chi connectivity index (χ1) is 12.2. The second kappa shape index (κ2) is 8.23. The SMILES string of the molecule is COc1ccc2c(c1)OC[C@@H](CNC(=O)CCCN1CCCC1=O)C2. The van der Waals surface area contributed by atoms with Crippen molar-refractivity contribution in [1.29, 1.82) is 0 Å². The van der Waals surface area contributed by atoms with E-state index < -0.39 is 0 Å². The van der Waals surface area contributed by atoms with Crippen LogP contribution >= 0.6 is 0 Å². The first-order valence-corrected chi connectivity index (χ1v) is 9.00. The zero-order chi connectivity index (χ0) is 17.6. The smallest absolute Gasteiger partial charge is 0.222 e. The van der Waals surface area contributed by atoms with Gasteiger partial charge < -0.3 is 19.7 Å². The highest BCUT2D eigenvalue weighted by Crippen LogP contribution is 2.30. The summed E-state index contributed by atoms with van der Waals surface area (Å²) in [5, 5.41) is 3.00. The average molecular weight is 346 g/mol. The number of nitrogens with one attached hydrogen (secondary N) is 1. The van der Waals surface area contributed by atoms with Crippen LogP contribution in [-0.2, 0) is 16.0 Å². The van der Waals surface area contributed by atoms with Gasteiger partial charge in [-0.3, -0.25) is 9.59 Å². The summed E-state index contributed by atoms with van der Waals surface area (Å²) in [4.78, 5) is 25.4. The number of methoxy groups -OCH3 is 1. The van der Waals surface area contributed by atoms with Crippen LogP contribution in [0.5, 0.6) is 11.5 Å². The minimum absolute atomic E-state index is 0.0483. The number of nitrogens with zero attached hydrogens (tertiary/aromatic N) is 1. The van der Waals surface area contributed by atoms with Crippen molar-refractivity contribution in [2.75, 3.05) is 33.4 Å². The van der Waals surface area contributed by atoms with E-state index in [0.29, 0.717) is 32.5 Å². The summed E-state index contributed by atoms with van der Waals surface area (Å²) in [6, 6.07) is 5.86. The second-order valence-electron chi connectivity index (χ2n) is 6.75. The number of carbonyl (C=O) groups excluding carboxylic acids is 2. The van der Waals surface area contributed by atoms with Crippen molar-refractivity contribution in [3.8, 4) is 11.5 Å². The average Bonchev–Trinajstić information content (AvgIpc) is 3.04. The minimum Gasteiger partial charge on any atom is -0.497 e. The van der Waals surface area contributed by atoms with Gasteiger partial charge in [0.2, 0.25) is 11.8 Å². The minimum atomic E-state index is 0.0483. The Labute approximate surface area is 148 Å². The second-order valence-corrected chi connectivity index (χ2v) is 6.75. The van der Waals surface area contributed by atoms with Crippen LogP contribution in [-0.4, -0.2) is 50.1 Å². The Morgan fingerprint density at radius 3 is 3.08 bits per heavy atom. The summed E-state index contributed by atoms with van der Waals surface area (Å²) in [6.45, 7) is 2.74. The molecule has 3 rings (SSSR count). The predicted molar refractivity (Wildman–Crippen MR) is 93.7 cm³/mol. The predicted octanol–water partition coefficient (Wildman–Crippen LogP) is 1.77. The molecule has 0 spiro atoms. The number of amides is 2. The zero-order valence-corrected chi connectivity index (χ0v) is 14.8. The molecule has 0 bridgehead atoms. The molecule has 0 saturated carbocycles. The van der Waals surface area contributed by atoms with Crippen molar-refractivity contribution < 1.29 is 19.1 Å². The third kappa shape index (κ3) is 4.65. The van der Waals surface area contributed by atoms with Crippen LogP contribution in [0, 0.1) is 5.92 Å². The van der Waals surface area contributed by atoms with Crippen molar-refractivity contribution in [3.05, 3.63) is 23.8 Å². The van der Waals surface area contributed by atoms with E-state index in [9.17, 15) is 9.59 Å². The summed E-state index contributed by atoms with van der Waals surface area (Å²) in [5.74, 6) is 2.21. The van der Waals surface area contributed by atoms with Crippen LogP contribution < -0.4 is 14.8 Å². The van der Waals surface area contributed by atoms with Gasteiger partial charge >= 0.3 is 0 Å². The molecule has 1 aromatic rings. The third-order valence-electron chi connectivity index (χ3n) is 4.85. The number of benzene rings is 1. The van der Waals surface area contributed by atoms with Gasteiger partial charge in [0.1, 0.15) is 11.5 Å². The van der Waals surface area contributed by atoms with Crippen molar-refractivity contribution in [1.82, 2.24) is 10.2 Å². The van der Waals surface area contributed by atoms with Gasteiger partial charge in [-0.1, -0.05) is 6.07 Å². The van der Waals surface area contributed by atoms with E-state index in [2.05, 4.69) is 5.32 Å². The van der Waals surface area contributed by atoms with Crippen molar-refractivity contribution in [3.63, 3.8) is 0 Å². The first-order valence-electron chi connectivity index (χ1n) is 9.00. The van der Waals surface area contributed by atoms with Gasteiger partial charge in [0, 0.05) is 44.5 Å². The van der Waals surface area contributed by atoms with E-state index in [1.807, 2.05) is 23.1 Å². The Hall–Kier alpha value is -2.24. The Morgan fingerprint density at radius 1 is 1.44 bits per heavy atom. The number of carbonyl (C=O) groups is 2. The Bertz CT molecular complexity index is 632.